The Bertz CT molecular complexity index is 579. The third-order valence-electron chi connectivity index (χ3n) is 6.46. The topological polar surface area (TPSA) is 77.0 Å². The highest BCUT2D eigenvalue weighted by Gasteiger charge is 2.46. The molecule has 3 unspecified atom stereocenters. The van der Waals surface area contributed by atoms with Crippen LogP contribution < -0.4 is 10.6 Å². The molecular weight excluding hydrogens is 342 g/mol. The summed E-state index contributed by atoms with van der Waals surface area (Å²) < 4.78 is 0. The molecule has 0 bridgehead atoms. The highest BCUT2D eigenvalue weighted by atomic mass is 16.2. The molecule has 0 aromatic heterocycles. The lowest BCUT2D eigenvalue weighted by atomic mass is 9.82. The van der Waals surface area contributed by atoms with E-state index >= 15 is 0 Å². The predicted molar refractivity (Wildman–Crippen MR) is 107 cm³/mol. The van der Waals surface area contributed by atoms with Crippen LogP contribution in [-0.4, -0.2) is 66.0 Å². The van der Waals surface area contributed by atoms with E-state index in [1.54, 1.807) is 6.92 Å². The third kappa shape index (κ3) is 4.22. The fourth-order valence-electron chi connectivity index (χ4n) is 4.61. The van der Waals surface area contributed by atoms with Gasteiger partial charge in [0.25, 0.3) is 5.91 Å². The molecule has 0 radical (unpaired) electrons. The molecule has 3 atom stereocenters. The minimum Gasteiger partial charge on any atom is -0.357 e. The Hall–Kier alpha value is -1.79. The predicted octanol–water partition coefficient (Wildman–Crippen LogP) is 2.18. The van der Waals surface area contributed by atoms with Crippen molar-refractivity contribution >= 4 is 17.9 Å². The van der Waals surface area contributed by atoms with Gasteiger partial charge in [0, 0.05) is 32.7 Å². The molecule has 0 spiro atoms. The summed E-state index contributed by atoms with van der Waals surface area (Å²) in [5, 5.41) is 6.22. The first-order valence-electron chi connectivity index (χ1n) is 10.7. The van der Waals surface area contributed by atoms with Gasteiger partial charge in [-0.15, -0.1) is 0 Å². The Morgan fingerprint density at radius 1 is 1.22 bits per heavy atom. The van der Waals surface area contributed by atoms with E-state index in [0.29, 0.717) is 25.9 Å². The standard InChI is InChI=1S/C20H35N5O2/c1-4-20(3)17(26)25(19(27)23-20)12-8-11-22-18(21-5-2)24-13-15-9-6-7-10-16(15)14-24/h15-16H,4-14H2,1-3H3,(H,21,22)(H,23,27). The van der Waals surface area contributed by atoms with E-state index in [9.17, 15) is 9.59 Å². The zero-order valence-electron chi connectivity index (χ0n) is 17.1. The van der Waals surface area contributed by atoms with Gasteiger partial charge in [0.15, 0.2) is 5.96 Å². The van der Waals surface area contributed by atoms with E-state index < -0.39 is 5.54 Å². The number of hydrogen-bond acceptors (Lipinski definition) is 3. The number of carbonyl (C=O) groups excluding carboxylic acids is 2. The zero-order chi connectivity index (χ0) is 19.4. The molecule has 27 heavy (non-hydrogen) atoms. The summed E-state index contributed by atoms with van der Waals surface area (Å²) in [7, 11) is 0. The summed E-state index contributed by atoms with van der Waals surface area (Å²) in [6.45, 7) is 9.92. The second-order valence-electron chi connectivity index (χ2n) is 8.37. The third-order valence-corrected chi connectivity index (χ3v) is 6.46. The summed E-state index contributed by atoms with van der Waals surface area (Å²) in [6, 6.07) is -0.274. The van der Waals surface area contributed by atoms with Crippen LogP contribution in [0, 0.1) is 11.8 Å². The average molecular weight is 378 g/mol. The molecular formula is C20H35N5O2. The van der Waals surface area contributed by atoms with Crippen LogP contribution in [0.3, 0.4) is 0 Å². The Balaban J connectivity index is 1.52. The van der Waals surface area contributed by atoms with Crippen molar-refractivity contribution in [2.45, 2.75) is 64.8 Å². The quantitative estimate of drug-likeness (QED) is 0.322. The molecule has 1 aliphatic carbocycles. The van der Waals surface area contributed by atoms with Crippen LogP contribution in [0.5, 0.6) is 0 Å². The first-order chi connectivity index (χ1) is 13.0. The molecule has 2 heterocycles. The van der Waals surface area contributed by atoms with E-state index in [4.69, 9.17) is 4.99 Å². The highest BCUT2D eigenvalue weighted by Crippen LogP contribution is 2.35. The lowest BCUT2D eigenvalue weighted by Crippen LogP contribution is -2.43. The SMILES string of the molecule is CCNC(=NCCCN1C(=O)NC(C)(CC)C1=O)N1CC2CCCCC2C1. The van der Waals surface area contributed by atoms with Crippen molar-refractivity contribution in [3.8, 4) is 0 Å². The lowest BCUT2D eigenvalue weighted by molar-refractivity contribution is -0.130. The van der Waals surface area contributed by atoms with Crippen LogP contribution in [0.1, 0.15) is 59.3 Å². The van der Waals surface area contributed by atoms with Crippen LogP contribution in [0.15, 0.2) is 4.99 Å². The van der Waals surface area contributed by atoms with Crippen molar-refractivity contribution in [3.05, 3.63) is 0 Å². The first kappa shape index (κ1) is 20.0. The van der Waals surface area contributed by atoms with Gasteiger partial charge in [0.05, 0.1) is 0 Å². The maximum atomic E-state index is 12.4. The van der Waals surface area contributed by atoms with Gasteiger partial charge in [-0.2, -0.15) is 0 Å². The minimum absolute atomic E-state index is 0.116. The van der Waals surface area contributed by atoms with Gasteiger partial charge in [-0.25, -0.2) is 4.79 Å². The average Bonchev–Trinajstić information content (AvgIpc) is 3.18. The Morgan fingerprint density at radius 2 is 1.89 bits per heavy atom. The molecule has 2 saturated heterocycles. The van der Waals surface area contributed by atoms with E-state index in [1.807, 2.05) is 6.92 Å². The van der Waals surface area contributed by atoms with Crippen LogP contribution in [0.2, 0.25) is 0 Å². The number of guanidine groups is 1. The van der Waals surface area contributed by atoms with Gasteiger partial charge in [-0.1, -0.05) is 19.8 Å². The summed E-state index contributed by atoms with van der Waals surface area (Å²) in [6.07, 6.45) is 6.73. The van der Waals surface area contributed by atoms with Crippen LogP contribution in [0.4, 0.5) is 4.79 Å². The lowest BCUT2D eigenvalue weighted by Gasteiger charge is -2.22. The number of likely N-dealkylation sites (tertiary alicyclic amines) is 1. The van der Waals surface area contributed by atoms with E-state index in [1.165, 1.54) is 30.6 Å². The normalized spacial score (nSPS) is 31.3. The van der Waals surface area contributed by atoms with Crippen molar-refractivity contribution in [1.82, 2.24) is 20.4 Å². The molecule has 0 aromatic rings. The number of nitrogens with one attached hydrogen (secondary N) is 2. The molecule has 2 N–H and O–H groups in total. The Kier molecular flexibility index (Phi) is 6.27. The summed E-state index contributed by atoms with van der Waals surface area (Å²) in [5.41, 5.74) is -0.749. The fourth-order valence-corrected chi connectivity index (χ4v) is 4.61. The number of rotatable bonds is 6. The van der Waals surface area contributed by atoms with Crippen LogP contribution >= 0.6 is 0 Å². The van der Waals surface area contributed by atoms with Crippen LogP contribution in [0.25, 0.3) is 0 Å². The highest BCUT2D eigenvalue weighted by molar-refractivity contribution is 6.06. The molecule has 3 rings (SSSR count). The zero-order valence-corrected chi connectivity index (χ0v) is 17.1. The molecule has 152 valence electrons. The Labute approximate surface area is 162 Å². The maximum absolute atomic E-state index is 12.4. The molecule has 1 saturated carbocycles. The number of imide groups is 1. The maximum Gasteiger partial charge on any atom is 0.325 e. The molecule has 3 aliphatic rings. The van der Waals surface area contributed by atoms with Gasteiger partial charge >= 0.3 is 6.03 Å². The largest absolute Gasteiger partial charge is 0.357 e. The second kappa shape index (κ2) is 8.48. The smallest absolute Gasteiger partial charge is 0.325 e. The molecule has 3 amide bonds. The van der Waals surface area contributed by atoms with Gasteiger partial charge in [-0.3, -0.25) is 14.7 Å². The number of fused-ring (bicyclic) bond motifs is 1. The van der Waals surface area contributed by atoms with Crippen molar-refractivity contribution in [1.29, 1.82) is 0 Å². The first-order valence-corrected chi connectivity index (χ1v) is 10.7. The van der Waals surface area contributed by atoms with Crippen LogP contribution in [-0.2, 0) is 4.79 Å². The van der Waals surface area contributed by atoms with E-state index in [0.717, 1.165) is 37.4 Å². The van der Waals surface area contributed by atoms with Crippen molar-refractivity contribution < 1.29 is 9.59 Å². The summed E-state index contributed by atoms with van der Waals surface area (Å²) in [4.78, 5) is 33.1. The number of urea groups is 1. The molecule has 7 nitrogen and oxygen atoms in total. The van der Waals surface area contributed by atoms with E-state index in [-0.39, 0.29) is 11.9 Å². The molecule has 7 heteroatoms. The van der Waals surface area contributed by atoms with Gasteiger partial charge in [-0.05, 0) is 51.4 Å². The number of carbonyl (C=O) groups is 2. The second-order valence-corrected chi connectivity index (χ2v) is 8.37. The minimum atomic E-state index is -0.749. The van der Waals surface area contributed by atoms with Gasteiger partial charge in [0.2, 0.25) is 0 Å². The van der Waals surface area contributed by atoms with Crippen molar-refractivity contribution in [2.75, 3.05) is 32.7 Å². The number of amides is 3. The molecule has 0 aromatic carbocycles. The summed E-state index contributed by atoms with van der Waals surface area (Å²) in [5.74, 6) is 2.51. The molecule has 3 fully saturated rings. The monoisotopic (exact) mass is 377 g/mol. The fraction of sp³-hybridized carbons (Fsp3) is 0.850. The van der Waals surface area contributed by atoms with Crippen molar-refractivity contribution in [2.24, 2.45) is 16.8 Å². The number of hydrogen-bond donors (Lipinski definition) is 2. The number of aliphatic imine (C=N–C) groups is 1. The summed E-state index contributed by atoms with van der Waals surface area (Å²) >= 11 is 0. The number of nitrogens with zero attached hydrogens (tertiary/aromatic N) is 3. The van der Waals surface area contributed by atoms with Gasteiger partial charge < -0.3 is 15.5 Å². The Morgan fingerprint density at radius 3 is 2.44 bits per heavy atom. The van der Waals surface area contributed by atoms with Crippen molar-refractivity contribution in [3.63, 3.8) is 0 Å². The molecule has 2 aliphatic heterocycles. The van der Waals surface area contributed by atoms with E-state index in [2.05, 4.69) is 22.5 Å². The van der Waals surface area contributed by atoms with Gasteiger partial charge in [0.1, 0.15) is 5.54 Å².